The van der Waals surface area contributed by atoms with Gasteiger partial charge in [0.25, 0.3) is 0 Å². The molecule has 0 bridgehead atoms. The zero-order chi connectivity index (χ0) is 19.1. The van der Waals surface area contributed by atoms with Crippen molar-refractivity contribution < 1.29 is 9.59 Å². The fourth-order valence-corrected chi connectivity index (χ4v) is 4.47. The van der Waals surface area contributed by atoms with Crippen LogP contribution in [0.3, 0.4) is 0 Å². The molecule has 1 atom stereocenters. The van der Waals surface area contributed by atoms with Gasteiger partial charge in [0.15, 0.2) is 0 Å². The summed E-state index contributed by atoms with van der Waals surface area (Å²) < 4.78 is 0. The minimum atomic E-state index is -0.131. The summed E-state index contributed by atoms with van der Waals surface area (Å²) in [5.74, 6) is 0.351. The maximum Gasteiger partial charge on any atom is 0.237 e. The number of hydrogen-bond donors (Lipinski definition) is 1. The number of hydrogen-bond acceptors (Lipinski definition) is 5. The Morgan fingerprint density at radius 2 is 1.78 bits per heavy atom. The van der Waals surface area contributed by atoms with Crippen LogP contribution >= 0.6 is 11.3 Å². The quantitative estimate of drug-likeness (QED) is 0.802. The molecule has 2 saturated heterocycles. The Kier molecular flexibility index (Phi) is 7.67. The maximum absolute atomic E-state index is 12.5. The molecule has 0 aromatic carbocycles. The van der Waals surface area contributed by atoms with E-state index in [9.17, 15) is 9.59 Å². The molecule has 3 rings (SSSR count). The molecule has 0 aliphatic carbocycles. The zero-order valence-electron chi connectivity index (χ0n) is 16.4. The van der Waals surface area contributed by atoms with Gasteiger partial charge in [-0.3, -0.25) is 19.4 Å². The lowest BCUT2D eigenvalue weighted by molar-refractivity contribution is -0.133. The first kappa shape index (κ1) is 20.3. The van der Waals surface area contributed by atoms with Gasteiger partial charge >= 0.3 is 0 Å². The molecule has 3 heterocycles. The number of piperazine rings is 1. The molecule has 2 fully saturated rings. The van der Waals surface area contributed by atoms with Crippen molar-refractivity contribution in [2.24, 2.45) is 0 Å². The summed E-state index contributed by atoms with van der Waals surface area (Å²) >= 11 is 1.66. The van der Waals surface area contributed by atoms with E-state index >= 15 is 0 Å². The van der Waals surface area contributed by atoms with Crippen molar-refractivity contribution in [3.63, 3.8) is 0 Å². The number of nitrogens with zero attached hydrogens (tertiary/aromatic N) is 3. The molecule has 7 heteroatoms. The molecule has 1 unspecified atom stereocenters. The van der Waals surface area contributed by atoms with Gasteiger partial charge in [0.2, 0.25) is 11.8 Å². The average molecular weight is 393 g/mol. The third-order valence-corrected chi connectivity index (χ3v) is 6.55. The molecule has 1 aromatic heterocycles. The standard InChI is InChI=1S/C20H32N4O2S/c1-17(20(26)21-15-18-7-6-14-27-18)23-12-10-22(11-13-23)16-19(25)24-8-4-2-3-5-9-24/h6-7,14,17H,2-5,8-13,15-16H2,1H3,(H,21,26). The minimum Gasteiger partial charge on any atom is -0.350 e. The molecule has 150 valence electrons. The highest BCUT2D eigenvalue weighted by atomic mass is 32.1. The van der Waals surface area contributed by atoms with Crippen LogP contribution in [0.25, 0.3) is 0 Å². The lowest BCUT2D eigenvalue weighted by Gasteiger charge is -2.37. The lowest BCUT2D eigenvalue weighted by Crippen LogP contribution is -2.55. The van der Waals surface area contributed by atoms with Gasteiger partial charge in [0.1, 0.15) is 0 Å². The van der Waals surface area contributed by atoms with Crippen molar-refractivity contribution in [3.05, 3.63) is 22.4 Å². The van der Waals surface area contributed by atoms with Crippen molar-refractivity contribution in [1.29, 1.82) is 0 Å². The number of carbonyl (C=O) groups excluding carboxylic acids is 2. The molecule has 0 radical (unpaired) electrons. The van der Waals surface area contributed by atoms with E-state index in [1.54, 1.807) is 11.3 Å². The lowest BCUT2D eigenvalue weighted by atomic mass is 10.2. The smallest absolute Gasteiger partial charge is 0.237 e. The van der Waals surface area contributed by atoms with E-state index in [1.165, 1.54) is 17.7 Å². The van der Waals surface area contributed by atoms with Crippen LogP contribution in [0.4, 0.5) is 0 Å². The van der Waals surface area contributed by atoms with Gasteiger partial charge in [-0.2, -0.15) is 0 Å². The Balaban J connectivity index is 1.38. The largest absolute Gasteiger partial charge is 0.350 e. The molecular formula is C20H32N4O2S. The average Bonchev–Trinajstić information content (AvgIpc) is 3.06. The van der Waals surface area contributed by atoms with Crippen molar-refractivity contribution in [2.75, 3.05) is 45.8 Å². The van der Waals surface area contributed by atoms with Crippen molar-refractivity contribution in [1.82, 2.24) is 20.0 Å². The highest BCUT2D eigenvalue weighted by Crippen LogP contribution is 2.12. The number of carbonyl (C=O) groups is 2. The van der Waals surface area contributed by atoms with Crippen LogP contribution in [0, 0.1) is 0 Å². The number of likely N-dealkylation sites (tertiary alicyclic amines) is 1. The Bertz CT molecular complexity index is 591. The molecule has 0 saturated carbocycles. The molecule has 2 aliphatic rings. The van der Waals surface area contributed by atoms with E-state index in [0.29, 0.717) is 13.1 Å². The summed E-state index contributed by atoms with van der Waals surface area (Å²) in [7, 11) is 0. The Hall–Kier alpha value is -1.44. The number of amides is 2. The maximum atomic E-state index is 12.5. The van der Waals surface area contributed by atoms with Crippen LogP contribution < -0.4 is 5.32 Å². The number of nitrogens with one attached hydrogen (secondary N) is 1. The molecule has 27 heavy (non-hydrogen) atoms. The number of rotatable bonds is 6. The van der Waals surface area contributed by atoms with E-state index in [1.807, 2.05) is 29.3 Å². The van der Waals surface area contributed by atoms with E-state index in [0.717, 1.165) is 52.1 Å². The molecule has 1 aromatic rings. The second-order valence-electron chi connectivity index (χ2n) is 7.58. The second-order valence-corrected chi connectivity index (χ2v) is 8.61. The predicted molar refractivity (Wildman–Crippen MR) is 109 cm³/mol. The van der Waals surface area contributed by atoms with E-state index in [-0.39, 0.29) is 17.9 Å². The molecule has 6 nitrogen and oxygen atoms in total. The van der Waals surface area contributed by atoms with Gasteiger partial charge in [0.05, 0.1) is 19.1 Å². The van der Waals surface area contributed by atoms with Gasteiger partial charge in [-0.25, -0.2) is 0 Å². The first-order valence-corrected chi connectivity index (χ1v) is 11.1. The molecule has 0 spiro atoms. The highest BCUT2D eigenvalue weighted by molar-refractivity contribution is 7.09. The first-order valence-electron chi connectivity index (χ1n) is 10.2. The third-order valence-electron chi connectivity index (χ3n) is 5.67. The van der Waals surface area contributed by atoms with Crippen molar-refractivity contribution in [2.45, 2.75) is 45.2 Å². The van der Waals surface area contributed by atoms with Gasteiger partial charge < -0.3 is 10.2 Å². The van der Waals surface area contributed by atoms with Crippen molar-refractivity contribution >= 4 is 23.2 Å². The van der Waals surface area contributed by atoms with E-state index < -0.39 is 0 Å². The SMILES string of the molecule is CC(C(=O)NCc1cccs1)N1CCN(CC(=O)N2CCCCCC2)CC1. The monoisotopic (exact) mass is 392 g/mol. The van der Waals surface area contributed by atoms with Crippen LogP contribution in [0.15, 0.2) is 17.5 Å². The Morgan fingerprint density at radius 3 is 2.41 bits per heavy atom. The molecular weight excluding hydrogens is 360 g/mol. The van der Waals surface area contributed by atoms with Crippen LogP contribution in [0.1, 0.15) is 37.5 Å². The Labute approximate surface area is 166 Å². The van der Waals surface area contributed by atoms with Crippen LogP contribution in [0.5, 0.6) is 0 Å². The van der Waals surface area contributed by atoms with E-state index in [4.69, 9.17) is 0 Å². The summed E-state index contributed by atoms with van der Waals surface area (Å²) in [5.41, 5.74) is 0. The van der Waals surface area contributed by atoms with E-state index in [2.05, 4.69) is 15.1 Å². The van der Waals surface area contributed by atoms with Gasteiger partial charge in [-0.05, 0) is 31.2 Å². The third kappa shape index (κ3) is 6.02. The van der Waals surface area contributed by atoms with Crippen molar-refractivity contribution in [3.8, 4) is 0 Å². The van der Waals surface area contributed by atoms with Gasteiger partial charge in [-0.1, -0.05) is 18.9 Å². The molecule has 2 amide bonds. The summed E-state index contributed by atoms with van der Waals surface area (Å²) in [6, 6.07) is 3.91. The number of thiophene rings is 1. The highest BCUT2D eigenvalue weighted by Gasteiger charge is 2.27. The fourth-order valence-electron chi connectivity index (χ4n) is 3.82. The fraction of sp³-hybridized carbons (Fsp3) is 0.700. The minimum absolute atomic E-state index is 0.0810. The summed E-state index contributed by atoms with van der Waals surface area (Å²) in [6.07, 6.45) is 4.76. The molecule has 1 N–H and O–H groups in total. The Morgan fingerprint density at radius 1 is 1.07 bits per heavy atom. The topological polar surface area (TPSA) is 55.9 Å². The summed E-state index contributed by atoms with van der Waals surface area (Å²) in [5, 5.41) is 5.05. The first-order chi connectivity index (χ1) is 13.1. The summed E-state index contributed by atoms with van der Waals surface area (Å²) in [6.45, 7) is 8.30. The zero-order valence-corrected chi connectivity index (χ0v) is 17.2. The summed E-state index contributed by atoms with van der Waals surface area (Å²) in [4.78, 5) is 32.6. The van der Waals surface area contributed by atoms with Crippen LogP contribution in [-0.2, 0) is 16.1 Å². The van der Waals surface area contributed by atoms with Crippen LogP contribution in [-0.4, -0.2) is 78.4 Å². The van der Waals surface area contributed by atoms with Crippen LogP contribution in [0.2, 0.25) is 0 Å². The van der Waals surface area contributed by atoms with Gasteiger partial charge in [0, 0.05) is 44.1 Å². The van der Waals surface area contributed by atoms with Gasteiger partial charge in [-0.15, -0.1) is 11.3 Å². The molecule has 2 aliphatic heterocycles. The second kappa shape index (κ2) is 10.2. The normalized spacial score (nSPS) is 20.9. The predicted octanol–water partition coefficient (Wildman–Crippen LogP) is 1.77.